The van der Waals surface area contributed by atoms with Gasteiger partial charge in [-0.05, 0) is 68.1 Å². The van der Waals surface area contributed by atoms with E-state index in [1.165, 1.54) is 11.6 Å². The van der Waals surface area contributed by atoms with Crippen LogP contribution in [0.15, 0.2) is 42.5 Å². The van der Waals surface area contributed by atoms with Crippen molar-refractivity contribution in [2.45, 2.75) is 44.7 Å². The first-order valence-electron chi connectivity index (χ1n) is 11.5. The number of carbonyl (C=O) groups excluding carboxylic acids is 1. The fourth-order valence-corrected chi connectivity index (χ4v) is 4.97. The van der Waals surface area contributed by atoms with Crippen molar-refractivity contribution in [2.24, 2.45) is 0 Å². The molecule has 8 heteroatoms. The lowest BCUT2D eigenvalue weighted by Gasteiger charge is -2.32. The van der Waals surface area contributed by atoms with Gasteiger partial charge in [-0.2, -0.15) is 0 Å². The van der Waals surface area contributed by atoms with Gasteiger partial charge in [-0.25, -0.2) is 9.07 Å². The maximum atomic E-state index is 14.5. The number of halogens is 2. The summed E-state index contributed by atoms with van der Waals surface area (Å²) in [6.45, 7) is 4.15. The maximum absolute atomic E-state index is 14.5. The first-order valence-corrected chi connectivity index (χ1v) is 11.9. The number of hydrogen-bond donors (Lipinski definition) is 1. The molecule has 1 amide bonds. The van der Waals surface area contributed by atoms with Crippen LogP contribution in [0.1, 0.15) is 49.8 Å². The maximum Gasteiger partial charge on any atom is 0.239 e. The van der Waals surface area contributed by atoms with E-state index in [4.69, 9.17) is 11.6 Å². The zero-order valence-corrected chi connectivity index (χ0v) is 19.4. The van der Waals surface area contributed by atoms with Crippen molar-refractivity contribution in [3.05, 3.63) is 64.4 Å². The Balaban J connectivity index is 1.37. The molecule has 2 aliphatic heterocycles. The Labute approximate surface area is 197 Å². The summed E-state index contributed by atoms with van der Waals surface area (Å²) in [7, 11) is 0. The SMILES string of the molecule is CC(c1ccc(Cl)cc1F)n1nnc2ccc(C3=CCN(C(=O)C4CCCCN4)CC3)cc21. The number of rotatable bonds is 4. The van der Waals surface area contributed by atoms with Gasteiger partial charge in [-0.3, -0.25) is 4.79 Å². The van der Waals surface area contributed by atoms with Crippen molar-refractivity contribution in [1.29, 1.82) is 0 Å². The molecule has 5 rings (SSSR count). The van der Waals surface area contributed by atoms with Crippen LogP contribution in [0.3, 0.4) is 0 Å². The summed E-state index contributed by atoms with van der Waals surface area (Å²) in [6.07, 6.45) is 6.12. The third-order valence-corrected chi connectivity index (χ3v) is 6.99. The van der Waals surface area contributed by atoms with Crippen LogP contribution in [0, 0.1) is 5.82 Å². The van der Waals surface area contributed by atoms with Crippen LogP contribution in [0.25, 0.3) is 16.6 Å². The van der Waals surface area contributed by atoms with Crippen molar-refractivity contribution in [3.8, 4) is 0 Å². The number of piperidine rings is 1. The van der Waals surface area contributed by atoms with E-state index in [2.05, 4.69) is 27.8 Å². The average Bonchev–Trinajstić information content (AvgIpc) is 3.27. The lowest BCUT2D eigenvalue weighted by Crippen LogP contribution is -2.49. The number of nitrogens with one attached hydrogen (secondary N) is 1. The molecule has 1 N–H and O–H groups in total. The fraction of sp³-hybridized carbons (Fsp3) is 0.400. The molecule has 0 saturated carbocycles. The molecule has 0 bridgehead atoms. The average molecular weight is 468 g/mol. The summed E-state index contributed by atoms with van der Waals surface area (Å²) in [6, 6.07) is 10.4. The van der Waals surface area contributed by atoms with E-state index in [0.29, 0.717) is 23.7 Å². The van der Waals surface area contributed by atoms with Crippen LogP contribution in [-0.2, 0) is 4.79 Å². The molecule has 2 atom stereocenters. The van der Waals surface area contributed by atoms with E-state index in [9.17, 15) is 9.18 Å². The normalized spacial score (nSPS) is 20.0. The molecular weight excluding hydrogens is 441 g/mol. The smallest absolute Gasteiger partial charge is 0.239 e. The number of amides is 1. The van der Waals surface area contributed by atoms with Crippen molar-refractivity contribution < 1.29 is 9.18 Å². The molecule has 0 aliphatic carbocycles. The molecule has 0 radical (unpaired) electrons. The fourth-order valence-electron chi connectivity index (χ4n) is 4.81. The van der Waals surface area contributed by atoms with Gasteiger partial charge in [0, 0.05) is 23.7 Å². The van der Waals surface area contributed by atoms with E-state index in [1.807, 2.05) is 24.0 Å². The van der Waals surface area contributed by atoms with Gasteiger partial charge >= 0.3 is 0 Å². The van der Waals surface area contributed by atoms with Gasteiger partial charge in [0.2, 0.25) is 5.91 Å². The van der Waals surface area contributed by atoms with E-state index in [1.54, 1.807) is 16.8 Å². The Morgan fingerprint density at radius 2 is 2.12 bits per heavy atom. The Morgan fingerprint density at radius 3 is 2.85 bits per heavy atom. The molecule has 172 valence electrons. The zero-order valence-electron chi connectivity index (χ0n) is 18.6. The number of carbonyl (C=O) groups is 1. The second kappa shape index (κ2) is 9.23. The highest BCUT2D eigenvalue weighted by molar-refractivity contribution is 6.30. The monoisotopic (exact) mass is 467 g/mol. The summed E-state index contributed by atoms with van der Waals surface area (Å²) in [5.41, 5.74) is 4.41. The van der Waals surface area contributed by atoms with Crippen LogP contribution in [0.5, 0.6) is 0 Å². The highest BCUT2D eigenvalue weighted by Crippen LogP contribution is 2.29. The first kappa shape index (κ1) is 22.0. The minimum Gasteiger partial charge on any atom is -0.337 e. The predicted molar refractivity (Wildman–Crippen MR) is 128 cm³/mol. The van der Waals surface area contributed by atoms with Crippen LogP contribution >= 0.6 is 11.6 Å². The second-order valence-corrected chi connectivity index (χ2v) is 9.28. The summed E-state index contributed by atoms with van der Waals surface area (Å²) in [4.78, 5) is 14.8. The van der Waals surface area contributed by atoms with Crippen LogP contribution in [-0.4, -0.2) is 51.5 Å². The highest BCUT2D eigenvalue weighted by atomic mass is 35.5. The number of hydrogen-bond acceptors (Lipinski definition) is 4. The minimum atomic E-state index is -0.359. The van der Waals surface area contributed by atoms with Crippen molar-refractivity contribution in [1.82, 2.24) is 25.2 Å². The van der Waals surface area contributed by atoms with Gasteiger partial charge in [0.1, 0.15) is 11.3 Å². The summed E-state index contributed by atoms with van der Waals surface area (Å²) >= 11 is 5.91. The van der Waals surface area contributed by atoms with E-state index >= 15 is 0 Å². The second-order valence-electron chi connectivity index (χ2n) is 8.85. The van der Waals surface area contributed by atoms with Gasteiger partial charge in [-0.1, -0.05) is 41.4 Å². The first-order chi connectivity index (χ1) is 16.0. The van der Waals surface area contributed by atoms with Gasteiger partial charge in [-0.15, -0.1) is 5.10 Å². The number of nitrogens with zero attached hydrogens (tertiary/aromatic N) is 4. The molecule has 3 heterocycles. The molecule has 33 heavy (non-hydrogen) atoms. The molecule has 2 aromatic carbocycles. The number of aromatic nitrogens is 3. The van der Waals surface area contributed by atoms with Crippen LogP contribution in [0.2, 0.25) is 5.02 Å². The highest BCUT2D eigenvalue weighted by Gasteiger charge is 2.27. The van der Waals surface area contributed by atoms with Gasteiger partial charge in [0.05, 0.1) is 17.6 Å². The van der Waals surface area contributed by atoms with E-state index in [-0.39, 0.29) is 23.8 Å². The van der Waals surface area contributed by atoms with Gasteiger partial charge < -0.3 is 10.2 Å². The Bertz CT molecular complexity index is 1220. The molecule has 1 fully saturated rings. The third-order valence-electron chi connectivity index (χ3n) is 6.75. The Hall–Kier alpha value is -2.77. The molecule has 1 aromatic heterocycles. The molecular formula is C25H27ClFN5O. The predicted octanol–water partition coefficient (Wildman–Crippen LogP) is 4.59. The van der Waals surface area contributed by atoms with Crippen molar-refractivity contribution >= 4 is 34.1 Å². The largest absolute Gasteiger partial charge is 0.337 e. The molecule has 2 unspecified atom stereocenters. The number of fused-ring (bicyclic) bond motifs is 1. The molecule has 0 spiro atoms. The molecule has 3 aromatic rings. The topological polar surface area (TPSA) is 63.1 Å². The Kier molecular flexibility index (Phi) is 6.17. The standard InChI is InChI=1S/C25H27ClFN5O/c1-16(20-7-6-19(26)15-21(20)27)32-24-14-18(5-8-22(24)29-30-32)17-9-12-31(13-10-17)25(33)23-4-2-3-11-28-23/h5-9,14-16,23,28H,2-4,10-13H2,1H3. The Morgan fingerprint density at radius 1 is 1.24 bits per heavy atom. The van der Waals surface area contributed by atoms with Crippen LogP contribution < -0.4 is 5.32 Å². The van der Waals surface area contributed by atoms with Gasteiger partial charge in [0.15, 0.2) is 0 Å². The summed E-state index contributed by atoms with van der Waals surface area (Å²) < 4.78 is 16.3. The summed E-state index contributed by atoms with van der Waals surface area (Å²) in [5, 5.41) is 12.3. The quantitative estimate of drug-likeness (QED) is 0.609. The third kappa shape index (κ3) is 4.39. The van der Waals surface area contributed by atoms with Crippen molar-refractivity contribution in [3.63, 3.8) is 0 Å². The van der Waals surface area contributed by atoms with Gasteiger partial charge in [0.25, 0.3) is 0 Å². The van der Waals surface area contributed by atoms with Crippen molar-refractivity contribution in [2.75, 3.05) is 19.6 Å². The summed E-state index contributed by atoms with van der Waals surface area (Å²) in [5.74, 6) is -0.149. The molecule has 6 nitrogen and oxygen atoms in total. The van der Waals surface area contributed by atoms with E-state index < -0.39 is 0 Å². The minimum absolute atomic E-state index is 0.0415. The lowest BCUT2D eigenvalue weighted by molar-refractivity contribution is -0.133. The van der Waals surface area contributed by atoms with Crippen LogP contribution in [0.4, 0.5) is 4.39 Å². The lowest BCUT2D eigenvalue weighted by atomic mass is 9.97. The molecule has 1 saturated heterocycles. The van der Waals surface area contributed by atoms with E-state index in [0.717, 1.165) is 48.8 Å². The molecule has 2 aliphatic rings. The zero-order chi connectivity index (χ0) is 22.9. The number of benzene rings is 2.